The number of rotatable bonds is 3. The zero-order chi connectivity index (χ0) is 18.4. The van der Waals surface area contributed by atoms with Crippen LogP contribution in [0, 0.1) is 13.8 Å². The van der Waals surface area contributed by atoms with Gasteiger partial charge in [-0.2, -0.15) is 0 Å². The van der Waals surface area contributed by atoms with E-state index in [1.54, 1.807) is 24.1 Å². The first-order chi connectivity index (χ1) is 11.7. The van der Waals surface area contributed by atoms with E-state index in [1.807, 2.05) is 38.1 Å². The Balaban J connectivity index is 1.91. The monoisotopic (exact) mass is 358 g/mol. The van der Waals surface area contributed by atoms with E-state index in [9.17, 15) is 13.2 Å². The fourth-order valence-corrected chi connectivity index (χ4v) is 4.29. The Bertz CT molecular complexity index is 951. The van der Waals surface area contributed by atoms with Crippen LogP contribution in [0.4, 0.5) is 11.4 Å². The fourth-order valence-electron chi connectivity index (χ4n) is 3.33. The molecule has 0 unspecified atom stereocenters. The summed E-state index contributed by atoms with van der Waals surface area (Å²) in [5.41, 5.74) is 5.20. The predicted octanol–water partition coefficient (Wildman–Crippen LogP) is 2.90. The molecule has 0 spiro atoms. The van der Waals surface area contributed by atoms with Gasteiger partial charge in [0.05, 0.1) is 11.9 Å². The SMILES string of the molecule is Cc1ccc(N(C)C(=O)c2ccc3c(c2)CCN3S(C)(=O)=O)c(C)c1. The lowest BCUT2D eigenvalue weighted by Crippen LogP contribution is -2.28. The Morgan fingerprint density at radius 2 is 1.84 bits per heavy atom. The summed E-state index contributed by atoms with van der Waals surface area (Å²) in [7, 11) is -1.52. The van der Waals surface area contributed by atoms with E-state index in [0.29, 0.717) is 24.2 Å². The minimum atomic E-state index is -3.28. The van der Waals surface area contributed by atoms with Crippen molar-refractivity contribution in [3.63, 3.8) is 0 Å². The lowest BCUT2D eigenvalue weighted by atomic mass is 10.1. The molecule has 0 fully saturated rings. The summed E-state index contributed by atoms with van der Waals surface area (Å²) in [4.78, 5) is 14.5. The Hall–Kier alpha value is -2.34. The summed E-state index contributed by atoms with van der Waals surface area (Å²) in [6.07, 6.45) is 1.83. The number of hydrogen-bond acceptors (Lipinski definition) is 3. The van der Waals surface area contributed by atoms with Crippen molar-refractivity contribution >= 4 is 27.3 Å². The Labute approximate surface area is 148 Å². The van der Waals surface area contributed by atoms with Crippen LogP contribution in [0.1, 0.15) is 27.0 Å². The molecule has 0 radical (unpaired) electrons. The van der Waals surface area contributed by atoms with Gasteiger partial charge in [-0.3, -0.25) is 9.10 Å². The summed E-state index contributed by atoms with van der Waals surface area (Å²) in [5.74, 6) is -0.104. The fraction of sp³-hybridized carbons (Fsp3) is 0.316. The topological polar surface area (TPSA) is 57.7 Å². The highest BCUT2D eigenvalue weighted by molar-refractivity contribution is 7.92. The summed E-state index contributed by atoms with van der Waals surface area (Å²) in [6.45, 7) is 4.43. The quantitative estimate of drug-likeness (QED) is 0.848. The molecule has 0 bridgehead atoms. The third kappa shape index (κ3) is 3.26. The predicted molar refractivity (Wildman–Crippen MR) is 101 cm³/mol. The molecule has 0 saturated carbocycles. The molecule has 1 aliphatic heterocycles. The average Bonchev–Trinajstić information content (AvgIpc) is 2.96. The Morgan fingerprint density at radius 1 is 1.12 bits per heavy atom. The standard InChI is InChI=1S/C19H22N2O3S/c1-13-5-7-17(14(2)11-13)20(3)19(22)16-6-8-18-15(12-16)9-10-21(18)25(4,23)24/h5-8,11-12H,9-10H2,1-4H3. The van der Waals surface area contributed by atoms with Crippen molar-refractivity contribution in [2.75, 3.05) is 29.1 Å². The lowest BCUT2D eigenvalue weighted by molar-refractivity contribution is 0.0993. The molecule has 5 nitrogen and oxygen atoms in total. The molecule has 0 saturated heterocycles. The molecule has 2 aromatic rings. The summed E-state index contributed by atoms with van der Waals surface area (Å²) < 4.78 is 25.0. The zero-order valence-electron chi connectivity index (χ0n) is 14.9. The maximum Gasteiger partial charge on any atom is 0.258 e. The molecular formula is C19H22N2O3S. The zero-order valence-corrected chi connectivity index (χ0v) is 15.7. The van der Waals surface area contributed by atoms with Gasteiger partial charge in [0.25, 0.3) is 5.91 Å². The van der Waals surface area contributed by atoms with Gasteiger partial charge in [-0.05, 0) is 55.7 Å². The first-order valence-electron chi connectivity index (χ1n) is 8.14. The molecule has 0 N–H and O–H groups in total. The van der Waals surface area contributed by atoms with Crippen LogP contribution in [0.3, 0.4) is 0 Å². The van der Waals surface area contributed by atoms with Crippen molar-refractivity contribution in [1.82, 2.24) is 0 Å². The van der Waals surface area contributed by atoms with Crippen LogP contribution in [-0.2, 0) is 16.4 Å². The number of fused-ring (bicyclic) bond motifs is 1. The van der Waals surface area contributed by atoms with Gasteiger partial charge in [-0.15, -0.1) is 0 Å². The van der Waals surface area contributed by atoms with Gasteiger partial charge in [0.15, 0.2) is 0 Å². The van der Waals surface area contributed by atoms with Crippen LogP contribution in [0.15, 0.2) is 36.4 Å². The molecule has 0 atom stereocenters. The number of hydrogen-bond donors (Lipinski definition) is 0. The number of carbonyl (C=O) groups excluding carboxylic acids is 1. The van der Waals surface area contributed by atoms with E-state index < -0.39 is 10.0 Å². The second-order valence-corrected chi connectivity index (χ2v) is 8.49. The first-order valence-corrected chi connectivity index (χ1v) is 9.99. The maximum absolute atomic E-state index is 12.9. The number of nitrogens with zero attached hydrogens (tertiary/aromatic N) is 2. The van der Waals surface area contributed by atoms with E-state index in [-0.39, 0.29) is 5.91 Å². The van der Waals surface area contributed by atoms with Gasteiger partial charge in [-0.1, -0.05) is 17.7 Å². The van der Waals surface area contributed by atoms with Crippen molar-refractivity contribution < 1.29 is 13.2 Å². The molecule has 1 amide bonds. The molecular weight excluding hydrogens is 336 g/mol. The second-order valence-electron chi connectivity index (χ2n) is 6.58. The number of carbonyl (C=O) groups is 1. The Morgan fingerprint density at radius 3 is 2.48 bits per heavy atom. The number of anilines is 2. The average molecular weight is 358 g/mol. The van der Waals surface area contributed by atoms with Gasteiger partial charge < -0.3 is 4.90 Å². The number of sulfonamides is 1. The number of amides is 1. The Kier molecular flexibility index (Phi) is 4.33. The largest absolute Gasteiger partial charge is 0.311 e. The second kappa shape index (κ2) is 6.19. The molecule has 6 heteroatoms. The number of aryl methyl sites for hydroxylation is 2. The maximum atomic E-state index is 12.9. The van der Waals surface area contributed by atoms with Gasteiger partial charge in [0.2, 0.25) is 10.0 Å². The van der Waals surface area contributed by atoms with Crippen molar-refractivity contribution in [2.24, 2.45) is 0 Å². The van der Waals surface area contributed by atoms with Crippen LogP contribution < -0.4 is 9.21 Å². The van der Waals surface area contributed by atoms with Crippen molar-refractivity contribution in [1.29, 1.82) is 0 Å². The van der Waals surface area contributed by atoms with Crippen LogP contribution >= 0.6 is 0 Å². The van der Waals surface area contributed by atoms with E-state index in [0.717, 1.165) is 22.4 Å². The third-order valence-corrected chi connectivity index (χ3v) is 5.78. The third-order valence-electron chi connectivity index (χ3n) is 4.60. The van der Waals surface area contributed by atoms with E-state index in [4.69, 9.17) is 0 Å². The van der Waals surface area contributed by atoms with Gasteiger partial charge in [-0.25, -0.2) is 8.42 Å². The van der Waals surface area contributed by atoms with E-state index in [1.165, 1.54) is 10.6 Å². The molecule has 2 aromatic carbocycles. The van der Waals surface area contributed by atoms with Crippen molar-refractivity contribution in [2.45, 2.75) is 20.3 Å². The van der Waals surface area contributed by atoms with E-state index in [2.05, 4.69) is 0 Å². The highest BCUT2D eigenvalue weighted by Gasteiger charge is 2.27. The summed E-state index contributed by atoms with van der Waals surface area (Å²) >= 11 is 0. The molecule has 3 rings (SSSR count). The van der Waals surface area contributed by atoms with Crippen molar-refractivity contribution in [3.05, 3.63) is 58.7 Å². The van der Waals surface area contributed by atoms with Crippen LogP contribution in [-0.4, -0.2) is 34.2 Å². The lowest BCUT2D eigenvalue weighted by Gasteiger charge is -2.21. The first kappa shape index (κ1) is 17.5. The molecule has 132 valence electrons. The summed E-state index contributed by atoms with van der Waals surface area (Å²) in [5, 5.41) is 0. The van der Waals surface area contributed by atoms with E-state index >= 15 is 0 Å². The van der Waals surface area contributed by atoms with Crippen molar-refractivity contribution in [3.8, 4) is 0 Å². The van der Waals surface area contributed by atoms with Gasteiger partial charge >= 0.3 is 0 Å². The highest BCUT2D eigenvalue weighted by atomic mass is 32.2. The molecule has 25 heavy (non-hydrogen) atoms. The normalized spacial score (nSPS) is 13.7. The van der Waals surface area contributed by atoms with Crippen LogP contribution in [0.25, 0.3) is 0 Å². The van der Waals surface area contributed by atoms with Gasteiger partial charge in [0.1, 0.15) is 0 Å². The number of benzene rings is 2. The minimum absolute atomic E-state index is 0.104. The summed E-state index contributed by atoms with van der Waals surface area (Å²) in [6, 6.07) is 11.2. The molecule has 0 aromatic heterocycles. The van der Waals surface area contributed by atoms with Crippen LogP contribution in [0.2, 0.25) is 0 Å². The minimum Gasteiger partial charge on any atom is -0.311 e. The van der Waals surface area contributed by atoms with Crippen LogP contribution in [0.5, 0.6) is 0 Å². The molecule has 1 heterocycles. The molecule has 0 aliphatic carbocycles. The van der Waals surface area contributed by atoms with Gasteiger partial charge in [0, 0.05) is 24.8 Å². The molecule has 1 aliphatic rings. The highest BCUT2D eigenvalue weighted by Crippen LogP contribution is 2.31. The smallest absolute Gasteiger partial charge is 0.258 e.